The van der Waals surface area contributed by atoms with Crippen LogP contribution in [0.25, 0.3) is 0 Å². The van der Waals surface area contributed by atoms with Crippen molar-refractivity contribution in [3.8, 4) is 5.75 Å². The molecule has 1 aromatic heterocycles. The number of nitrogens with zero attached hydrogens (tertiary/aromatic N) is 1. The number of hydrogen-bond acceptors (Lipinski definition) is 3. The summed E-state index contributed by atoms with van der Waals surface area (Å²) >= 11 is 0. The van der Waals surface area contributed by atoms with E-state index >= 15 is 0 Å². The van der Waals surface area contributed by atoms with Gasteiger partial charge in [0.15, 0.2) is 0 Å². The van der Waals surface area contributed by atoms with Crippen LogP contribution in [0, 0.1) is 13.8 Å². The zero-order chi connectivity index (χ0) is 15.9. The van der Waals surface area contributed by atoms with Crippen molar-refractivity contribution >= 4 is 11.6 Å². The van der Waals surface area contributed by atoms with Gasteiger partial charge in [-0.05, 0) is 50.1 Å². The van der Waals surface area contributed by atoms with Crippen molar-refractivity contribution < 1.29 is 9.53 Å². The highest BCUT2D eigenvalue weighted by molar-refractivity contribution is 6.03. The van der Waals surface area contributed by atoms with Crippen molar-refractivity contribution in [2.75, 3.05) is 11.9 Å². The number of amides is 1. The predicted molar refractivity (Wildman–Crippen MR) is 88.5 cm³/mol. The van der Waals surface area contributed by atoms with Crippen molar-refractivity contribution in [2.24, 2.45) is 0 Å². The summed E-state index contributed by atoms with van der Waals surface area (Å²) in [6.07, 6.45) is 2.06. The van der Waals surface area contributed by atoms with Crippen LogP contribution in [0.2, 0.25) is 0 Å². The van der Waals surface area contributed by atoms with Gasteiger partial charge in [-0.3, -0.25) is 4.79 Å². The Morgan fingerprint density at radius 3 is 2.73 bits per heavy atom. The number of carbonyl (C=O) groups is 1. The average Bonchev–Trinajstić information content (AvgIpc) is 2.48. The number of aryl methyl sites for hydroxylation is 2. The number of rotatable bonds is 6. The monoisotopic (exact) mass is 298 g/mol. The van der Waals surface area contributed by atoms with E-state index in [1.165, 1.54) is 0 Å². The number of ether oxygens (including phenoxy) is 1. The number of unbranched alkanes of at least 4 members (excludes halogenated alkanes) is 1. The molecule has 1 aromatic carbocycles. The van der Waals surface area contributed by atoms with Gasteiger partial charge in [0, 0.05) is 5.69 Å². The summed E-state index contributed by atoms with van der Waals surface area (Å²) in [6.45, 7) is 6.59. The van der Waals surface area contributed by atoms with Crippen LogP contribution >= 0.6 is 0 Å². The first-order valence-electron chi connectivity index (χ1n) is 7.58. The van der Waals surface area contributed by atoms with Crippen molar-refractivity contribution in [1.29, 1.82) is 0 Å². The Kier molecular flexibility index (Phi) is 5.53. The third kappa shape index (κ3) is 4.32. The van der Waals surface area contributed by atoms with Gasteiger partial charge >= 0.3 is 0 Å². The molecule has 0 fully saturated rings. The van der Waals surface area contributed by atoms with E-state index in [9.17, 15) is 4.79 Å². The predicted octanol–water partition coefficient (Wildman–Crippen LogP) is 4.13. The fourth-order valence-corrected chi connectivity index (χ4v) is 2.17. The minimum Gasteiger partial charge on any atom is -0.491 e. The Bertz CT molecular complexity index is 633. The molecule has 0 aliphatic rings. The SMILES string of the molecule is CCCCOc1ccccc1NC(=O)c1cc(C)cc(C)n1. The van der Waals surface area contributed by atoms with E-state index in [1.54, 1.807) is 6.07 Å². The highest BCUT2D eigenvalue weighted by Crippen LogP contribution is 2.24. The maximum absolute atomic E-state index is 12.4. The summed E-state index contributed by atoms with van der Waals surface area (Å²) in [4.78, 5) is 16.7. The number of hydrogen-bond donors (Lipinski definition) is 1. The van der Waals surface area contributed by atoms with Gasteiger partial charge in [-0.1, -0.05) is 25.5 Å². The quantitative estimate of drug-likeness (QED) is 0.816. The molecule has 0 aliphatic carbocycles. The molecule has 0 radical (unpaired) electrons. The molecule has 0 spiro atoms. The lowest BCUT2D eigenvalue weighted by Crippen LogP contribution is -2.15. The topological polar surface area (TPSA) is 51.2 Å². The number of anilines is 1. The Morgan fingerprint density at radius 2 is 2.00 bits per heavy atom. The van der Waals surface area contributed by atoms with E-state index in [0.29, 0.717) is 23.7 Å². The maximum atomic E-state index is 12.4. The molecule has 1 heterocycles. The van der Waals surface area contributed by atoms with Crippen LogP contribution in [0.5, 0.6) is 5.75 Å². The smallest absolute Gasteiger partial charge is 0.274 e. The minimum atomic E-state index is -0.224. The van der Waals surface area contributed by atoms with E-state index in [2.05, 4.69) is 17.2 Å². The minimum absolute atomic E-state index is 0.224. The molecule has 0 bridgehead atoms. The highest BCUT2D eigenvalue weighted by atomic mass is 16.5. The van der Waals surface area contributed by atoms with Gasteiger partial charge in [0.25, 0.3) is 5.91 Å². The summed E-state index contributed by atoms with van der Waals surface area (Å²) in [6, 6.07) is 11.2. The first-order chi connectivity index (χ1) is 10.6. The Labute approximate surface area is 131 Å². The van der Waals surface area contributed by atoms with E-state index < -0.39 is 0 Å². The van der Waals surface area contributed by atoms with Crippen LogP contribution in [-0.4, -0.2) is 17.5 Å². The molecule has 0 saturated carbocycles. The van der Waals surface area contributed by atoms with Crippen molar-refractivity contribution in [2.45, 2.75) is 33.6 Å². The molecule has 116 valence electrons. The molecule has 0 aliphatic heterocycles. The second-order valence-electron chi connectivity index (χ2n) is 5.32. The van der Waals surface area contributed by atoms with Gasteiger partial charge in [0.2, 0.25) is 0 Å². The third-order valence-electron chi connectivity index (χ3n) is 3.22. The number of benzene rings is 1. The third-order valence-corrected chi connectivity index (χ3v) is 3.22. The highest BCUT2D eigenvalue weighted by Gasteiger charge is 2.11. The van der Waals surface area contributed by atoms with E-state index in [4.69, 9.17) is 4.74 Å². The van der Waals surface area contributed by atoms with E-state index in [0.717, 1.165) is 24.1 Å². The summed E-state index contributed by atoms with van der Waals surface area (Å²) < 4.78 is 5.73. The van der Waals surface area contributed by atoms with Gasteiger partial charge in [0.1, 0.15) is 11.4 Å². The first-order valence-corrected chi connectivity index (χ1v) is 7.58. The molecular weight excluding hydrogens is 276 g/mol. The van der Waals surface area contributed by atoms with Gasteiger partial charge in [-0.2, -0.15) is 0 Å². The van der Waals surface area contributed by atoms with Crippen molar-refractivity contribution in [3.63, 3.8) is 0 Å². The summed E-state index contributed by atoms with van der Waals surface area (Å²) in [5.74, 6) is 0.465. The van der Waals surface area contributed by atoms with Crippen molar-refractivity contribution in [3.05, 3.63) is 53.3 Å². The Balaban J connectivity index is 2.14. The Hall–Kier alpha value is -2.36. The van der Waals surface area contributed by atoms with E-state index in [1.807, 2.05) is 44.2 Å². The fraction of sp³-hybridized carbons (Fsp3) is 0.333. The molecule has 4 nitrogen and oxygen atoms in total. The number of aromatic nitrogens is 1. The largest absolute Gasteiger partial charge is 0.491 e. The first kappa shape index (κ1) is 16.0. The standard InChI is InChI=1S/C18H22N2O2/c1-4-5-10-22-17-9-7-6-8-15(17)20-18(21)16-12-13(2)11-14(3)19-16/h6-9,11-12H,4-5,10H2,1-3H3,(H,20,21). The molecule has 22 heavy (non-hydrogen) atoms. The molecule has 1 N–H and O–H groups in total. The van der Waals surface area contributed by atoms with Crippen LogP contribution in [0.1, 0.15) is 41.5 Å². The second-order valence-corrected chi connectivity index (χ2v) is 5.32. The van der Waals surface area contributed by atoms with E-state index in [-0.39, 0.29) is 5.91 Å². The van der Waals surface area contributed by atoms with Crippen LogP contribution in [0.3, 0.4) is 0 Å². The summed E-state index contributed by atoms with van der Waals surface area (Å²) in [5, 5.41) is 2.88. The van der Waals surface area contributed by atoms with Gasteiger partial charge < -0.3 is 10.1 Å². The molecule has 4 heteroatoms. The number of nitrogens with one attached hydrogen (secondary N) is 1. The average molecular weight is 298 g/mol. The number of para-hydroxylation sites is 2. The lowest BCUT2D eigenvalue weighted by Gasteiger charge is -2.12. The van der Waals surface area contributed by atoms with Crippen LogP contribution in [0.15, 0.2) is 36.4 Å². The van der Waals surface area contributed by atoms with Crippen molar-refractivity contribution in [1.82, 2.24) is 4.98 Å². The zero-order valence-electron chi connectivity index (χ0n) is 13.3. The molecule has 2 aromatic rings. The Morgan fingerprint density at radius 1 is 1.23 bits per heavy atom. The van der Waals surface area contributed by atoms with Gasteiger partial charge in [-0.15, -0.1) is 0 Å². The normalized spacial score (nSPS) is 10.3. The molecular formula is C18H22N2O2. The number of pyridine rings is 1. The molecule has 0 atom stereocenters. The molecule has 0 unspecified atom stereocenters. The molecule has 1 amide bonds. The second kappa shape index (κ2) is 7.59. The summed E-state index contributed by atoms with van der Waals surface area (Å²) in [7, 11) is 0. The number of carbonyl (C=O) groups excluding carboxylic acids is 1. The van der Waals surface area contributed by atoms with Gasteiger partial charge in [0.05, 0.1) is 12.3 Å². The lowest BCUT2D eigenvalue weighted by molar-refractivity contribution is 0.102. The summed E-state index contributed by atoms with van der Waals surface area (Å²) in [5.41, 5.74) is 2.94. The molecule has 2 rings (SSSR count). The lowest BCUT2D eigenvalue weighted by atomic mass is 10.2. The van der Waals surface area contributed by atoms with Gasteiger partial charge in [-0.25, -0.2) is 4.98 Å². The zero-order valence-corrected chi connectivity index (χ0v) is 13.3. The van der Waals surface area contributed by atoms with Crippen LogP contribution < -0.4 is 10.1 Å². The van der Waals surface area contributed by atoms with Crippen LogP contribution in [-0.2, 0) is 0 Å². The molecule has 0 saturated heterocycles. The maximum Gasteiger partial charge on any atom is 0.274 e. The van der Waals surface area contributed by atoms with Crippen LogP contribution in [0.4, 0.5) is 5.69 Å². The fourth-order valence-electron chi connectivity index (χ4n) is 2.17.